The molecule has 1 atom stereocenters. The predicted molar refractivity (Wildman–Crippen MR) is 104 cm³/mol. The Bertz CT molecular complexity index is 779. The highest BCUT2D eigenvalue weighted by molar-refractivity contribution is 5.94. The van der Waals surface area contributed by atoms with Crippen molar-refractivity contribution in [3.8, 4) is 0 Å². The molecule has 0 radical (unpaired) electrons. The second kappa shape index (κ2) is 8.62. The fraction of sp³-hybridized carbons (Fsp3) is 0.400. The molecule has 1 aromatic heterocycles. The minimum absolute atomic E-state index is 0.0188. The van der Waals surface area contributed by atoms with Gasteiger partial charge in [-0.05, 0) is 38.0 Å². The Morgan fingerprint density at radius 2 is 1.93 bits per heavy atom. The zero-order chi connectivity index (χ0) is 19.2. The Morgan fingerprint density at radius 1 is 1.22 bits per heavy atom. The second-order valence-electron chi connectivity index (χ2n) is 6.94. The molecular weight excluding hydrogens is 342 g/mol. The number of aromatic nitrogens is 2. The fourth-order valence-corrected chi connectivity index (χ4v) is 3.26. The van der Waals surface area contributed by atoms with Crippen LogP contribution in [0.4, 0.5) is 11.6 Å². The molecule has 1 fully saturated rings. The number of carbonyl (C=O) groups is 2. The third-order valence-electron chi connectivity index (χ3n) is 4.70. The molecule has 1 aromatic carbocycles. The second-order valence-corrected chi connectivity index (χ2v) is 6.94. The van der Waals surface area contributed by atoms with Crippen molar-refractivity contribution in [1.82, 2.24) is 14.9 Å². The molecule has 2 amide bonds. The Labute approximate surface area is 159 Å². The molecule has 0 aliphatic carbocycles. The van der Waals surface area contributed by atoms with Crippen molar-refractivity contribution < 1.29 is 9.59 Å². The standard InChI is InChI=1S/C20H25N5O2/c1-15-6-8-17(9-7-15)23-18(26)14-24(2)19(27)16-5-3-12-25(13-16)20-21-10-4-11-22-20/h4,6-11,16H,3,5,12-14H2,1-2H3,(H,23,26). The van der Waals surface area contributed by atoms with E-state index in [9.17, 15) is 9.59 Å². The van der Waals surface area contributed by atoms with Gasteiger partial charge in [0.05, 0.1) is 12.5 Å². The van der Waals surface area contributed by atoms with Gasteiger partial charge >= 0.3 is 0 Å². The van der Waals surface area contributed by atoms with E-state index in [4.69, 9.17) is 0 Å². The van der Waals surface area contributed by atoms with E-state index in [0.29, 0.717) is 12.5 Å². The maximum atomic E-state index is 12.8. The van der Waals surface area contributed by atoms with E-state index in [1.165, 1.54) is 4.90 Å². The van der Waals surface area contributed by atoms with Crippen LogP contribution < -0.4 is 10.2 Å². The van der Waals surface area contributed by atoms with Gasteiger partial charge in [0.1, 0.15) is 0 Å². The molecule has 27 heavy (non-hydrogen) atoms. The molecule has 1 unspecified atom stereocenters. The number of aryl methyl sites for hydroxylation is 1. The molecule has 1 N–H and O–H groups in total. The molecule has 142 valence electrons. The van der Waals surface area contributed by atoms with Crippen LogP contribution in [-0.4, -0.2) is 53.4 Å². The molecule has 1 aliphatic heterocycles. The summed E-state index contributed by atoms with van der Waals surface area (Å²) in [7, 11) is 1.68. The molecule has 7 nitrogen and oxygen atoms in total. The Kier molecular flexibility index (Phi) is 6.01. The summed E-state index contributed by atoms with van der Waals surface area (Å²) in [6, 6.07) is 9.36. The molecule has 3 rings (SSSR count). The van der Waals surface area contributed by atoms with E-state index < -0.39 is 0 Å². The summed E-state index contributed by atoms with van der Waals surface area (Å²) >= 11 is 0. The monoisotopic (exact) mass is 367 g/mol. The lowest BCUT2D eigenvalue weighted by molar-refractivity contribution is -0.137. The van der Waals surface area contributed by atoms with Crippen LogP contribution in [0.25, 0.3) is 0 Å². The van der Waals surface area contributed by atoms with Crippen LogP contribution >= 0.6 is 0 Å². The number of nitrogens with one attached hydrogen (secondary N) is 1. The Hall–Kier alpha value is -2.96. The van der Waals surface area contributed by atoms with Crippen molar-refractivity contribution in [2.75, 3.05) is 36.9 Å². The SMILES string of the molecule is Cc1ccc(NC(=O)CN(C)C(=O)C2CCCN(c3ncccn3)C2)cc1. The van der Waals surface area contributed by atoms with Gasteiger partial charge in [-0.25, -0.2) is 9.97 Å². The lowest BCUT2D eigenvalue weighted by Crippen LogP contribution is -2.46. The van der Waals surface area contributed by atoms with E-state index in [2.05, 4.69) is 15.3 Å². The first kappa shape index (κ1) is 18.8. The van der Waals surface area contributed by atoms with Gasteiger partial charge in [0.2, 0.25) is 17.8 Å². The lowest BCUT2D eigenvalue weighted by Gasteiger charge is -2.33. The molecule has 2 heterocycles. The average molecular weight is 367 g/mol. The van der Waals surface area contributed by atoms with Gasteiger partial charge in [-0.15, -0.1) is 0 Å². The molecular formula is C20H25N5O2. The van der Waals surface area contributed by atoms with Crippen LogP contribution in [0.5, 0.6) is 0 Å². The van der Waals surface area contributed by atoms with Crippen LogP contribution in [0.1, 0.15) is 18.4 Å². The Balaban J connectivity index is 1.54. The van der Waals surface area contributed by atoms with Gasteiger partial charge in [-0.2, -0.15) is 0 Å². The average Bonchev–Trinajstić information content (AvgIpc) is 2.70. The highest BCUT2D eigenvalue weighted by Gasteiger charge is 2.29. The molecule has 7 heteroatoms. The van der Waals surface area contributed by atoms with E-state index in [1.54, 1.807) is 25.5 Å². The number of hydrogen-bond donors (Lipinski definition) is 1. The number of rotatable bonds is 5. The molecule has 0 spiro atoms. The van der Waals surface area contributed by atoms with Crippen LogP contribution in [0.3, 0.4) is 0 Å². The zero-order valence-electron chi connectivity index (χ0n) is 15.8. The summed E-state index contributed by atoms with van der Waals surface area (Å²) in [5.41, 5.74) is 1.86. The minimum Gasteiger partial charge on any atom is -0.340 e. The lowest BCUT2D eigenvalue weighted by atomic mass is 9.97. The van der Waals surface area contributed by atoms with Gasteiger partial charge in [0.15, 0.2) is 0 Å². The van der Waals surface area contributed by atoms with Crippen LogP contribution in [0.15, 0.2) is 42.7 Å². The van der Waals surface area contributed by atoms with Crippen LogP contribution in [-0.2, 0) is 9.59 Å². The summed E-state index contributed by atoms with van der Waals surface area (Å²) in [6.07, 6.45) is 5.12. The fourth-order valence-electron chi connectivity index (χ4n) is 3.26. The highest BCUT2D eigenvalue weighted by Crippen LogP contribution is 2.21. The number of nitrogens with zero attached hydrogens (tertiary/aromatic N) is 4. The van der Waals surface area contributed by atoms with Crippen molar-refractivity contribution in [3.63, 3.8) is 0 Å². The maximum absolute atomic E-state index is 12.8. The van der Waals surface area contributed by atoms with Crippen molar-refractivity contribution in [2.24, 2.45) is 5.92 Å². The molecule has 0 bridgehead atoms. The number of hydrogen-bond acceptors (Lipinski definition) is 5. The number of likely N-dealkylation sites (N-methyl/N-ethyl adjacent to an activating group) is 1. The number of carbonyl (C=O) groups excluding carboxylic acids is 2. The topological polar surface area (TPSA) is 78.4 Å². The molecule has 1 aliphatic rings. The highest BCUT2D eigenvalue weighted by atomic mass is 16.2. The first-order valence-corrected chi connectivity index (χ1v) is 9.16. The summed E-state index contributed by atoms with van der Waals surface area (Å²) < 4.78 is 0. The first-order valence-electron chi connectivity index (χ1n) is 9.16. The van der Waals surface area contributed by atoms with Gasteiger partial charge in [-0.1, -0.05) is 17.7 Å². The quantitative estimate of drug-likeness (QED) is 0.876. The van der Waals surface area contributed by atoms with E-state index in [1.807, 2.05) is 36.1 Å². The number of amides is 2. The van der Waals surface area contributed by atoms with Crippen LogP contribution in [0.2, 0.25) is 0 Å². The Morgan fingerprint density at radius 3 is 2.63 bits per heavy atom. The zero-order valence-corrected chi connectivity index (χ0v) is 15.8. The van der Waals surface area contributed by atoms with E-state index in [0.717, 1.165) is 30.6 Å². The largest absolute Gasteiger partial charge is 0.340 e. The van der Waals surface area contributed by atoms with Crippen LogP contribution in [0, 0.1) is 12.8 Å². The third-order valence-corrected chi connectivity index (χ3v) is 4.70. The third kappa shape index (κ3) is 5.03. The summed E-state index contributed by atoms with van der Waals surface area (Å²) in [5, 5.41) is 2.83. The maximum Gasteiger partial charge on any atom is 0.243 e. The normalized spacial score (nSPS) is 16.7. The van der Waals surface area contributed by atoms with E-state index >= 15 is 0 Å². The molecule has 1 saturated heterocycles. The van der Waals surface area contributed by atoms with Crippen molar-refractivity contribution in [2.45, 2.75) is 19.8 Å². The van der Waals surface area contributed by atoms with Crippen molar-refractivity contribution >= 4 is 23.5 Å². The summed E-state index contributed by atoms with van der Waals surface area (Å²) in [5.74, 6) is 0.276. The predicted octanol–water partition coefficient (Wildman–Crippen LogP) is 2.10. The number of piperidine rings is 1. The van der Waals surface area contributed by atoms with Crippen molar-refractivity contribution in [3.05, 3.63) is 48.3 Å². The van der Waals surface area contributed by atoms with E-state index in [-0.39, 0.29) is 24.3 Å². The molecule has 2 aromatic rings. The smallest absolute Gasteiger partial charge is 0.243 e. The summed E-state index contributed by atoms with van der Waals surface area (Å²) in [6.45, 7) is 3.44. The van der Waals surface area contributed by atoms with Gasteiger partial charge in [0, 0.05) is 38.2 Å². The first-order chi connectivity index (χ1) is 13.0. The summed E-state index contributed by atoms with van der Waals surface area (Å²) in [4.78, 5) is 37.1. The van der Waals surface area contributed by atoms with Gasteiger partial charge in [0.25, 0.3) is 0 Å². The number of anilines is 2. The van der Waals surface area contributed by atoms with Crippen molar-refractivity contribution in [1.29, 1.82) is 0 Å². The minimum atomic E-state index is -0.200. The molecule has 0 saturated carbocycles. The van der Waals surface area contributed by atoms with Gasteiger partial charge in [-0.3, -0.25) is 9.59 Å². The number of benzene rings is 1. The van der Waals surface area contributed by atoms with Gasteiger partial charge < -0.3 is 15.1 Å².